The van der Waals surface area contributed by atoms with Gasteiger partial charge in [-0.1, -0.05) is 30.4 Å². The molecular weight excluding hydrogens is 383 g/mol. The lowest BCUT2D eigenvalue weighted by Gasteiger charge is -2.17. The monoisotopic (exact) mass is 414 g/mol. The van der Waals surface area contributed by atoms with Crippen LogP contribution < -0.4 is 14.8 Å². The molecule has 2 rings (SSSR count). The summed E-state index contributed by atoms with van der Waals surface area (Å²) in [7, 11) is 5.35. The average Bonchev–Trinajstić information content (AvgIpc) is 2.76. The summed E-state index contributed by atoms with van der Waals surface area (Å²) in [6.07, 6.45) is 5.72. The number of hydrogen-bond donors (Lipinski definition) is 1. The van der Waals surface area contributed by atoms with E-state index in [1.165, 1.54) is 17.7 Å². The van der Waals surface area contributed by atoms with Gasteiger partial charge in [-0.2, -0.15) is 0 Å². The molecular formula is C24H31FN2O3. The van der Waals surface area contributed by atoms with Crippen LogP contribution in [0.25, 0.3) is 6.08 Å². The van der Waals surface area contributed by atoms with Gasteiger partial charge in [0.25, 0.3) is 0 Å². The fourth-order valence-electron chi connectivity index (χ4n) is 2.99. The lowest BCUT2D eigenvalue weighted by atomic mass is 10.1. The number of likely N-dealkylation sites (N-methyl/N-ethyl adjacent to an activating group) is 1. The van der Waals surface area contributed by atoms with Crippen molar-refractivity contribution >= 4 is 12.0 Å². The second kappa shape index (κ2) is 12.6. The van der Waals surface area contributed by atoms with E-state index in [0.717, 1.165) is 43.0 Å². The molecule has 6 heteroatoms. The highest BCUT2D eigenvalue weighted by Crippen LogP contribution is 2.27. The molecule has 2 aromatic rings. The van der Waals surface area contributed by atoms with Crippen molar-refractivity contribution in [3.05, 3.63) is 65.5 Å². The summed E-state index contributed by atoms with van der Waals surface area (Å²) < 4.78 is 23.5. The first-order valence-corrected chi connectivity index (χ1v) is 10.1. The first-order chi connectivity index (χ1) is 14.5. The van der Waals surface area contributed by atoms with Crippen molar-refractivity contribution in [1.29, 1.82) is 0 Å². The Hall–Kier alpha value is -2.86. The summed E-state index contributed by atoms with van der Waals surface area (Å²) in [5.41, 5.74) is 2.07. The summed E-state index contributed by atoms with van der Waals surface area (Å²) in [5.74, 6) is 1.20. The minimum atomic E-state index is -0.265. The number of benzene rings is 2. The van der Waals surface area contributed by atoms with Gasteiger partial charge in [0.15, 0.2) is 11.5 Å². The molecule has 0 fully saturated rings. The third kappa shape index (κ3) is 8.25. The van der Waals surface area contributed by atoms with E-state index >= 15 is 0 Å². The van der Waals surface area contributed by atoms with Crippen LogP contribution in [0.15, 0.2) is 48.5 Å². The normalized spacial score (nSPS) is 11.1. The van der Waals surface area contributed by atoms with Crippen LogP contribution in [0.3, 0.4) is 0 Å². The number of amides is 1. The molecule has 162 valence electrons. The van der Waals surface area contributed by atoms with Crippen molar-refractivity contribution in [3.63, 3.8) is 0 Å². The topological polar surface area (TPSA) is 50.8 Å². The van der Waals surface area contributed by atoms with Gasteiger partial charge in [-0.25, -0.2) is 4.39 Å². The Kier molecular flexibility index (Phi) is 9.87. The Bertz CT molecular complexity index is 822. The number of nitrogens with zero attached hydrogens (tertiary/aromatic N) is 1. The van der Waals surface area contributed by atoms with E-state index < -0.39 is 0 Å². The molecule has 0 heterocycles. The predicted octanol–water partition coefficient (Wildman–Crippen LogP) is 3.93. The summed E-state index contributed by atoms with van der Waals surface area (Å²) in [4.78, 5) is 14.1. The molecule has 0 aliphatic heterocycles. The molecule has 1 N–H and O–H groups in total. The fourth-order valence-corrected chi connectivity index (χ4v) is 2.99. The van der Waals surface area contributed by atoms with E-state index in [1.54, 1.807) is 32.4 Å². The number of ether oxygens (including phenoxy) is 2. The molecule has 0 saturated carbocycles. The number of hydrogen-bond acceptors (Lipinski definition) is 4. The van der Waals surface area contributed by atoms with Gasteiger partial charge in [0.05, 0.1) is 14.2 Å². The van der Waals surface area contributed by atoms with Crippen molar-refractivity contribution in [3.8, 4) is 11.5 Å². The van der Waals surface area contributed by atoms with E-state index in [4.69, 9.17) is 9.47 Å². The van der Waals surface area contributed by atoms with Crippen LogP contribution >= 0.6 is 0 Å². The van der Waals surface area contributed by atoms with Gasteiger partial charge in [0.1, 0.15) is 5.82 Å². The zero-order valence-corrected chi connectivity index (χ0v) is 18.0. The third-order valence-electron chi connectivity index (χ3n) is 4.75. The minimum absolute atomic E-state index is 0.0126. The largest absolute Gasteiger partial charge is 0.493 e. The van der Waals surface area contributed by atoms with Crippen molar-refractivity contribution in [2.24, 2.45) is 0 Å². The summed E-state index contributed by atoms with van der Waals surface area (Å²) in [6.45, 7) is 2.47. The maximum absolute atomic E-state index is 12.9. The maximum atomic E-state index is 12.9. The van der Waals surface area contributed by atoms with Gasteiger partial charge >= 0.3 is 0 Å². The predicted molar refractivity (Wildman–Crippen MR) is 118 cm³/mol. The van der Waals surface area contributed by atoms with E-state index in [2.05, 4.69) is 23.3 Å². The summed E-state index contributed by atoms with van der Waals surface area (Å²) >= 11 is 0. The number of carbonyl (C=O) groups is 1. The minimum Gasteiger partial charge on any atom is -0.493 e. The van der Waals surface area contributed by atoms with Gasteiger partial charge in [0.2, 0.25) is 5.91 Å². The Morgan fingerprint density at radius 1 is 1.07 bits per heavy atom. The SMILES string of the molecule is COc1ccc(CCN(C)CCCNC(=O)C/C=C/c2ccc(F)cc2)cc1OC. The fraction of sp³-hybridized carbons (Fsp3) is 0.375. The molecule has 0 aromatic heterocycles. The zero-order chi connectivity index (χ0) is 21.8. The van der Waals surface area contributed by atoms with Gasteiger partial charge in [-0.15, -0.1) is 0 Å². The van der Waals surface area contributed by atoms with Gasteiger partial charge in [0, 0.05) is 19.5 Å². The quantitative estimate of drug-likeness (QED) is 0.535. The Labute approximate surface area is 178 Å². The Morgan fingerprint density at radius 3 is 2.50 bits per heavy atom. The average molecular weight is 415 g/mol. The Morgan fingerprint density at radius 2 is 1.80 bits per heavy atom. The molecule has 0 aliphatic carbocycles. The Balaban J connectivity index is 1.60. The van der Waals surface area contributed by atoms with Gasteiger partial charge in [-0.05, 0) is 61.8 Å². The van der Waals surface area contributed by atoms with E-state index in [9.17, 15) is 9.18 Å². The first kappa shape index (κ1) is 23.4. The molecule has 0 saturated heterocycles. The van der Waals surface area contributed by atoms with Crippen molar-refractivity contribution < 1.29 is 18.7 Å². The number of rotatable bonds is 12. The molecule has 5 nitrogen and oxygen atoms in total. The smallest absolute Gasteiger partial charge is 0.223 e. The van der Waals surface area contributed by atoms with Crippen molar-refractivity contribution in [2.45, 2.75) is 19.3 Å². The van der Waals surface area contributed by atoms with Gasteiger partial charge in [-0.3, -0.25) is 4.79 Å². The van der Waals surface area contributed by atoms with Crippen LogP contribution in [0, 0.1) is 5.82 Å². The van der Waals surface area contributed by atoms with Crippen LogP contribution in [0.4, 0.5) is 4.39 Å². The molecule has 30 heavy (non-hydrogen) atoms. The summed E-state index contributed by atoms with van der Waals surface area (Å²) in [5, 5.41) is 2.93. The molecule has 2 aromatic carbocycles. The maximum Gasteiger partial charge on any atom is 0.223 e. The van der Waals surface area contributed by atoms with Crippen LogP contribution in [0.2, 0.25) is 0 Å². The number of nitrogens with one attached hydrogen (secondary N) is 1. The second-order valence-corrected chi connectivity index (χ2v) is 7.10. The third-order valence-corrected chi connectivity index (χ3v) is 4.75. The van der Waals surface area contributed by atoms with Gasteiger partial charge < -0.3 is 19.7 Å². The van der Waals surface area contributed by atoms with E-state index in [-0.39, 0.29) is 11.7 Å². The first-order valence-electron chi connectivity index (χ1n) is 10.1. The van der Waals surface area contributed by atoms with Crippen LogP contribution in [-0.4, -0.2) is 51.7 Å². The van der Waals surface area contributed by atoms with E-state index in [0.29, 0.717) is 13.0 Å². The molecule has 0 aliphatic rings. The van der Waals surface area contributed by atoms with Crippen LogP contribution in [-0.2, 0) is 11.2 Å². The molecule has 0 atom stereocenters. The standard InChI is InChI=1S/C24H31FN2O3/c1-27(17-14-20-10-13-22(29-2)23(18-20)30-3)16-5-15-26-24(28)7-4-6-19-8-11-21(25)12-9-19/h4,6,8-13,18H,5,7,14-17H2,1-3H3,(H,26,28)/b6-4+. The van der Waals surface area contributed by atoms with E-state index in [1.807, 2.05) is 18.2 Å². The molecule has 0 spiro atoms. The lowest BCUT2D eigenvalue weighted by Crippen LogP contribution is -2.28. The number of methoxy groups -OCH3 is 2. The molecule has 0 unspecified atom stereocenters. The molecule has 0 radical (unpaired) electrons. The van der Waals surface area contributed by atoms with Crippen LogP contribution in [0.5, 0.6) is 11.5 Å². The highest BCUT2D eigenvalue weighted by molar-refractivity contribution is 5.78. The highest BCUT2D eigenvalue weighted by atomic mass is 19.1. The number of carbonyl (C=O) groups excluding carboxylic acids is 1. The summed E-state index contributed by atoms with van der Waals surface area (Å²) in [6, 6.07) is 12.2. The molecule has 0 bridgehead atoms. The van der Waals surface area contributed by atoms with Crippen molar-refractivity contribution in [2.75, 3.05) is 40.9 Å². The lowest BCUT2D eigenvalue weighted by molar-refractivity contribution is -0.120. The zero-order valence-electron chi connectivity index (χ0n) is 18.0. The number of halogens is 1. The van der Waals surface area contributed by atoms with Crippen molar-refractivity contribution in [1.82, 2.24) is 10.2 Å². The highest BCUT2D eigenvalue weighted by Gasteiger charge is 2.06. The van der Waals surface area contributed by atoms with Crippen LogP contribution in [0.1, 0.15) is 24.0 Å². The second-order valence-electron chi connectivity index (χ2n) is 7.10. The molecule has 1 amide bonds.